The Balaban J connectivity index is 2.51. The molecular formula is C17H28N2O3. The van der Waals surface area contributed by atoms with Crippen molar-refractivity contribution in [2.75, 3.05) is 0 Å². The molecule has 0 radical (unpaired) electrons. The molecule has 0 saturated heterocycles. The first kappa shape index (κ1) is 18.3. The van der Waals surface area contributed by atoms with E-state index in [-0.39, 0.29) is 17.7 Å². The molecule has 5 nitrogen and oxygen atoms in total. The number of carbonyl (C=O) groups is 2. The van der Waals surface area contributed by atoms with Gasteiger partial charge in [0, 0.05) is 6.42 Å². The van der Waals surface area contributed by atoms with Crippen LogP contribution < -0.4 is 10.6 Å². The van der Waals surface area contributed by atoms with E-state index in [0.29, 0.717) is 18.7 Å². The number of hydrogen-bond acceptors (Lipinski definition) is 3. The van der Waals surface area contributed by atoms with Crippen LogP contribution in [0.4, 0.5) is 0 Å². The standard InChI is InChI=1S/C17H28N2O3/c1-4-6-7-10-15(20)19-16(13(3)5-2)17(21)18-12-14-9-8-11-22-14/h8-9,11,13,16H,4-7,10,12H2,1-3H3,(H,18,21)(H,19,20). The molecule has 22 heavy (non-hydrogen) atoms. The fourth-order valence-corrected chi connectivity index (χ4v) is 2.18. The van der Waals surface area contributed by atoms with E-state index in [4.69, 9.17) is 4.42 Å². The van der Waals surface area contributed by atoms with Gasteiger partial charge in [-0.15, -0.1) is 0 Å². The van der Waals surface area contributed by atoms with Crippen LogP contribution in [0.25, 0.3) is 0 Å². The van der Waals surface area contributed by atoms with E-state index in [1.54, 1.807) is 12.3 Å². The molecule has 0 aromatic carbocycles. The average molecular weight is 308 g/mol. The molecule has 1 rings (SSSR count). The monoisotopic (exact) mass is 308 g/mol. The molecule has 5 heteroatoms. The summed E-state index contributed by atoms with van der Waals surface area (Å²) in [5.41, 5.74) is 0. The second-order valence-electron chi connectivity index (χ2n) is 5.68. The van der Waals surface area contributed by atoms with E-state index in [9.17, 15) is 9.59 Å². The van der Waals surface area contributed by atoms with E-state index in [1.807, 2.05) is 19.9 Å². The van der Waals surface area contributed by atoms with Gasteiger partial charge in [0.15, 0.2) is 0 Å². The Morgan fingerprint density at radius 2 is 2.05 bits per heavy atom. The van der Waals surface area contributed by atoms with Gasteiger partial charge in [-0.1, -0.05) is 40.0 Å². The van der Waals surface area contributed by atoms with E-state index < -0.39 is 6.04 Å². The minimum atomic E-state index is -0.492. The molecular weight excluding hydrogens is 280 g/mol. The lowest BCUT2D eigenvalue weighted by atomic mass is 9.98. The molecule has 0 aliphatic heterocycles. The topological polar surface area (TPSA) is 71.3 Å². The molecule has 0 spiro atoms. The highest BCUT2D eigenvalue weighted by Gasteiger charge is 2.25. The largest absolute Gasteiger partial charge is 0.467 e. The molecule has 0 saturated carbocycles. The van der Waals surface area contributed by atoms with E-state index in [2.05, 4.69) is 17.6 Å². The van der Waals surface area contributed by atoms with Crippen molar-refractivity contribution < 1.29 is 14.0 Å². The lowest BCUT2D eigenvalue weighted by Crippen LogP contribution is -2.50. The zero-order valence-electron chi connectivity index (χ0n) is 13.9. The summed E-state index contributed by atoms with van der Waals surface area (Å²) in [4.78, 5) is 24.3. The Morgan fingerprint density at radius 1 is 1.27 bits per heavy atom. The SMILES string of the molecule is CCCCCC(=O)NC(C(=O)NCc1ccco1)C(C)CC. The van der Waals surface area contributed by atoms with Crippen molar-refractivity contribution in [3.8, 4) is 0 Å². The number of furan rings is 1. The van der Waals surface area contributed by atoms with Crippen LogP contribution in [-0.2, 0) is 16.1 Å². The van der Waals surface area contributed by atoms with Crippen molar-refractivity contribution >= 4 is 11.8 Å². The van der Waals surface area contributed by atoms with Crippen molar-refractivity contribution in [1.29, 1.82) is 0 Å². The maximum Gasteiger partial charge on any atom is 0.243 e. The normalized spacial score (nSPS) is 13.4. The van der Waals surface area contributed by atoms with Crippen LogP contribution in [-0.4, -0.2) is 17.9 Å². The van der Waals surface area contributed by atoms with Crippen LogP contribution in [0.2, 0.25) is 0 Å². The van der Waals surface area contributed by atoms with Crippen LogP contribution >= 0.6 is 0 Å². The number of rotatable bonds is 10. The molecule has 0 fully saturated rings. The molecule has 0 aliphatic rings. The highest BCUT2D eigenvalue weighted by molar-refractivity contribution is 5.87. The number of carbonyl (C=O) groups excluding carboxylic acids is 2. The van der Waals surface area contributed by atoms with Gasteiger partial charge in [0.25, 0.3) is 0 Å². The summed E-state index contributed by atoms with van der Waals surface area (Å²) in [5.74, 6) is 0.582. The summed E-state index contributed by atoms with van der Waals surface area (Å²) in [6.45, 7) is 6.43. The molecule has 124 valence electrons. The maximum absolute atomic E-state index is 12.3. The van der Waals surface area contributed by atoms with Gasteiger partial charge in [0.05, 0.1) is 12.8 Å². The lowest BCUT2D eigenvalue weighted by molar-refractivity contribution is -0.130. The van der Waals surface area contributed by atoms with E-state index in [1.165, 1.54) is 0 Å². The number of hydrogen-bond donors (Lipinski definition) is 2. The van der Waals surface area contributed by atoms with Crippen LogP contribution in [0.15, 0.2) is 22.8 Å². The van der Waals surface area contributed by atoms with Crippen LogP contribution in [0.1, 0.15) is 58.6 Å². The summed E-state index contributed by atoms with van der Waals surface area (Å²) in [6, 6.07) is 3.10. The Kier molecular flexibility index (Phi) is 8.33. The first-order chi connectivity index (χ1) is 10.6. The third-order valence-electron chi connectivity index (χ3n) is 3.84. The van der Waals surface area contributed by atoms with Gasteiger partial charge >= 0.3 is 0 Å². The minimum Gasteiger partial charge on any atom is -0.467 e. The third-order valence-corrected chi connectivity index (χ3v) is 3.84. The lowest BCUT2D eigenvalue weighted by Gasteiger charge is -2.23. The van der Waals surface area contributed by atoms with Crippen LogP contribution in [0, 0.1) is 5.92 Å². The smallest absolute Gasteiger partial charge is 0.243 e. The Hall–Kier alpha value is -1.78. The Labute approximate surface area is 132 Å². The molecule has 2 amide bonds. The molecule has 0 aliphatic carbocycles. The fraction of sp³-hybridized carbons (Fsp3) is 0.647. The quantitative estimate of drug-likeness (QED) is 0.653. The van der Waals surface area contributed by atoms with Crippen molar-refractivity contribution in [1.82, 2.24) is 10.6 Å². The van der Waals surface area contributed by atoms with Crippen molar-refractivity contribution in [3.63, 3.8) is 0 Å². The molecule has 1 heterocycles. The van der Waals surface area contributed by atoms with Crippen LogP contribution in [0.3, 0.4) is 0 Å². The summed E-state index contributed by atoms with van der Waals surface area (Å²) in [5, 5.41) is 5.70. The van der Waals surface area contributed by atoms with Crippen molar-refractivity contribution in [3.05, 3.63) is 24.2 Å². The summed E-state index contributed by atoms with van der Waals surface area (Å²) in [7, 11) is 0. The zero-order valence-corrected chi connectivity index (χ0v) is 13.9. The van der Waals surface area contributed by atoms with Gasteiger partial charge in [0.2, 0.25) is 11.8 Å². The van der Waals surface area contributed by atoms with Crippen molar-refractivity contribution in [2.24, 2.45) is 5.92 Å². The highest BCUT2D eigenvalue weighted by atomic mass is 16.3. The van der Waals surface area contributed by atoms with E-state index in [0.717, 1.165) is 25.7 Å². The summed E-state index contributed by atoms with van der Waals surface area (Å²) >= 11 is 0. The van der Waals surface area contributed by atoms with Gasteiger partial charge in [-0.3, -0.25) is 9.59 Å². The number of unbranched alkanes of at least 4 members (excludes halogenated alkanes) is 2. The average Bonchev–Trinajstić information content (AvgIpc) is 3.03. The molecule has 1 aromatic rings. The molecule has 2 atom stereocenters. The molecule has 2 unspecified atom stereocenters. The zero-order chi connectivity index (χ0) is 16.4. The predicted octanol–water partition coefficient (Wildman–Crippen LogP) is 3.01. The maximum atomic E-state index is 12.3. The van der Waals surface area contributed by atoms with Gasteiger partial charge < -0.3 is 15.1 Å². The molecule has 0 bridgehead atoms. The third kappa shape index (κ3) is 6.33. The molecule has 2 N–H and O–H groups in total. The van der Waals surface area contributed by atoms with E-state index >= 15 is 0 Å². The van der Waals surface area contributed by atoms with Gasteiger partial charge in [0.1, 0.15) is 11.8 Å². The fourth-order valence-electron chi connectivity index (χ4n) is 2.18. The van der Waals surface area contributed by atoms with Gasteiger partial charge in [-0.2, -0.15) is 0 Å². The predicted molar refractivity (Wildman–Crippen MR) is 86.1 cm³/mol. The first-order valence-corrected chi connectivity index (χ1v) is 8.17. The van der Waals surface area contributed by atoms with Gasteiger partial charge in [-0.05, 0) is 24.5 Å². The Bertz CT molecular complexity index is 443. The highest BCUT2D eigenvalue weighted by Crippen LogP contribution is 2.10. The first-order valence-electron chi connectivity index (χ1n) is 8.17. The second kappa shape index (κ2) is 10.0. The number of amides is 2. The van der Waals surface area contributed by atoms with Crippen LogP contribution in [0.5, 0.6) is 0 Å². The Morgan fingerprint density at radius 3 is 2.64 bits per heavy atom. The second-order valence-corrected chi connectivity index (χ2v) is 5.68. The minimum absolute atomic E-state index is 0.0492. The van der Waals surface area contributed by atoms with Gasteiger partial charge in [-0.25, -0.2) is 0 Å². The van der Waals surface area contributed by atoms with Crippen molar-refractivity contribution in [2.45, 2.75) is 65.5 Å². The summed E-state index contributed by atoms with van der Waals surface area (Å²) in [6.07, 6.45) is 5.85. The summed E-state index contributed by atoms with van der Waals surface area (Å²) < 4.78 is 5.19. The number of nitrogens with one attached hydrogen (secondary N) is 2. The molecule has 1 aromatic heterocycles.